The molecule has 1 atom stereocenters. The molecule has 0 aliphatic carbocycles. The van der Waals surface area contributed by atoms with Crippen LogP contribution in [0.2, 0.25) is 0 Å². The lowest BCUT2D eigenvalue weighted by molar-refractivity contribution is -0.161. The van der Waals surface area contributed by atoms with E-state index in [1.165, 1.54) is 0 Å². The maximum atomic E-state index is 13.7. The fraction of sp³-hybridized carbons (Fsp3) is 0.200. The van der Waals surface area contributed by atoms with Gasteiger partial charge in [0, 0.05) is 6.07 Å². The van der Waals surface area contributed by atoms with Gasteiger partial charge in [0.05, 0.1) is 29.0 Å². The van der Waals surface area contributed by atoms with E-state index in [0.29, 0.717) is 12.3 Å². The van der Waals surface area contributed by atoms with E-state index in [1.54, 1.807) is 6.07 Å². The van der Waals surface area contributed by atoms with Gasteiger partial charge < -0.3 is 9.29 Å². The molecule has 27 heavy (non-hydrogen) atoms. The highest BCUT2D eigenvalue weighted by atomic mass is 32.2. The van der Waals surface area contributed by atoms with Gasteiger partial charge in [-0.3, -0.25) is 0 Å². The predicted octanol–water partition coefficient (Wildman–Crippen LogP) is 4.63. The molecular weight excluding hydrogens is 405 g/mol. The number of hydrogen-bond donors (Lipinski definition) is 0. The number of ether oxygens (including phenoxy) is 1. The van der Waals surface area contributed by atoms with Crippen LogP contribution in [0.1, 0.15) is 23.2 Å². The third-order valence-corrected chi connectivity index (χ3v) is 5.07. The van der Waals surface area contributed by atoms with Crippen LogP contribution in [-0.4, -0.2) is 14.8 Å². The quantitative estimate of drug-likeness (QED) is 0.547. The van der Waals surface area contributed by atoms with E-state index in [-0.39, 0.29) is 5.56 Å². The van der Waals surface area contributed by atoms with Crippen LogP contribution in [0.5, 0.6) is 11.5 Å². The average molecular weight is 410 g/mol. The average Bonchev–Trinajstić information content (AvgIpc) is 2.71. The number of nitrogens with zero attached hydrogens (tertiary/aromatic N) is 2. The Morgan fingerprint density at radius 2 is 1.85 bits per heavy atom. The van der Waals surface area contributed by atoms with E-state index in [2.05, 4.69) is 4.98 Å². The fourth-order valence-corrected chi connectivity index (χ4v) is 3.72. The predicted molar refractivity (Wildman–Crippen MR) is 75.6 cm³/mol. The largest absolute Gasteiger partial charge is 0.606 e. The van der Waals surface area contributed by atoms with Crippen molar-refractivity contribution >= 4 is 11.2 Å². The molecule has 1 unspecified atom stereocenters. The number of rotatable bonds is 3. The van der Waals surface area contributed by atoms with E-state index >= 15 is 0 Å². The Labute approximate surface area is 149 Å². The summed E-state index contributed by atoms with van der Waals surface area (Å²) in [5, 5.41) is 3.62. The first kappa shape index (κ1) is 19.2. The zero-order chi connectivity index (χ0) is 20.1. The van der Waals surface area contributed by atoms with E-state index in [4.69, 9.17) is 10.00 Å². The molecule has 0 N–H and O–H groups in total. The second-order valence-electron chi connectivity index (χ2n) is 5.26. The first-order chi connectivity index (χ1) is 12.5. The summed E-state index contributed by atoms with van der Waals surface area (Å²) >= 11 is -3.82. The SMILES string of the molecule is N#Cc1cc(F)cc(Oc2cnc3c(c2C(F)F)[S+]([O-])C(F)(F)C3(F)F)c1. The topological polar surface area (TPSA) is 69.0 Å². The number of alkyl halides is 6. The second-order valence-corrected chi connectivity index (χ2v) is 6.72. The third kappa shape index (κ3) is 2.87. The van der Waals surface area contributed by atoms with Crippen LogP contribution in [-0.2, 0) is 17.1 Å². The van der Waals surface area contributed by atoms with Crippen molar-refractivity contribution in [2.24, 2.45) is 0 Å². The summed E-state index contributed by atoms with van der Waals surface area (Å²) < 4.78 is 112. The summed E-state index contributed by atoms with van der Waals surface area (Å²) in [5.41, 5.74) is -3.47. The maximum absolute atomic E-state index is 13.7. The molecule has 1 aromatic carbocycles. The van der Waals surface area contributed by atoms with Gasteiger partial charge in [-0.25, -0.2) is 18.2 Å². The van der Waals surface area contributed by atoms with Crippen LogP contribution in [0.25, 0.3) is 0 Å². The minimum absolute atomic E-state index is 0.251. The molecule has 4 nitrogen and oxygen atoms in total. The number of nitriles is 1. The summed E-state index contributed by atoms with van der Waals surface area (Å²) in [6.45, 7) is 0. The van der Waals surface area contributed by atoms with Gasteiger partial charge in [0.25, 0.3) is 6.43 Å². The number of benzene rings is 1. The Hall–Kier alpha value is -2.52. The Morgan fingerprint density at radius 1 is 1.19 bits per heavy atom. The molecule has 0 radical (unpaired) electrons. The Bertz CT molecular complexity index is 962. The molecule has 1 aromatic heterocycles. The Balaban J connectivity index is 2.17. The molecule has 0 saturated heterocycles. The van der Waals surface area contributed by atoms with Crippen molar-refractivity contribution in [2.75, 3.05) is 0 Å². The van der Waals surface area contributed by atoms with Gasteiger partial charge in [-0.1, -0.05) is 0 Å². The molecule has 0 fully saturated rings. The fourth-order valence-electron chi connectivity index (χ4n) is 2.39. The molecule has 2 aromatic rings. The lowest BCUT2D eigenvalue weighted by atomic mass is 10.1. The molecule has 142 valence electrons. The molecule has 0 bridgehead atoms. The van der Waals surface area contributed by atoms with E-state index in [0.717, 1.165) is 12.1 Å². The minimum atomic E-state index is -5.14. The molecule has 0 amide bonds. The second kappa shape index (κ2) is 6.28. The number of pyridine rings is 1. The first-order valence-electron chi connectivity index (χ1n) is 6.88. The minimum Gasteiger partial charge on any atom is -0.606 e. The van der Waals surface area contributed by atoms with Crippen LogP contribution in [0.3, 0.4) is 0 Å². The Morgan fingerprint density at radius 3 is 2.44 bits per heavy atom. The summed E-state index contributed by atoms with van der Waals surface area (Å²) in [4.78, 5) is 1.49. The zero-order valence-corrected chi connectivity index (χ0v) is 13.5. The van der Waals surface area contributed by atoms with E-state index in [1.807, 2.05) is 0 Å². The maximum Gasteiger partial charge on any atom is 0.483 e. The van der Waals surface area contributed by atoms with Gasteiger partial charge in [0.1, 0.15) is 17.1 Å². The van der Waals surface area contributed by atoms with Crippen LogP contribution in [0.15, 0.2) is 29.3 Å². The summed E-state index contributed by atoms with van der Waals surface area (Å²) in [7, 11) is 0. The van der Waals surface area contributed by atoms with Gasteiger partial charge in [-0.2, -0.15) is 14.0 Å². The standard InChI is InChI=1S/C15H5F7N2O2S/c16-7-1-6(4-23)2-8(3-7)26-9-5-24-12-11(10(9)13(17)18)27(25)15(21,22)14(12,19)20/h1-3,5,13H. The van der Waals surface area contributed by atoms with Crippen LogP contribution in [0, 0.1) is 17.1 Å². The highest BCUT2D eigenvalue weighted by molar-refractivity contribution is 7.93. The molecule has 0 spiro atoms. The van der Waals surface area contributed by atoms with Crippen LogP contribution >= 0.6 is 0 Å². The van der Waals surface area contributed by atoms with Crippen molar-refractivity contribution in [3.8, 4) is 17.6 Å². The Kier molecular flexibility index (Phi) is 4.47. The van der Waals surface area contributed by atoms with Gasteiger partial charge in [-0.05, 0) is 12.1 Å². The van der Waals surface area contributed by atoms with Crippen molar-refractivity contribution in [2.45, 2.75) is 22.5 Å². The highest BCUT2D eigenvalue weighted by Crippen LogP contribution is 2.58. The van der Waals surface area contributed by atoms with Gasteiger partial charge >= 0.3 is 11.2 Å². The normalized spacial score (nSPS) is 19.6. The number of hydrogen-bond acceptors (Lipinski definition) is 4. The summed E-state index contributed by atoms with van der Waals surface area (Å²) in [6, 6.07) is 3.99. The smallest absolute Gasteiger partial charge is 0.483 e. The lowest BCUT2D eigenvalue weighted by Crippen LogP contribution is -2.38. The van der Waals surface area contributed by atoms with Crippen molar-refractivity contribution in [1.29, 1.82) is 5.26 Å². The van der Waals surface area contributed by atoms with Crippen molar-refractivity contribution < 1.29 is 40.0 Å². The van der Waals surface area contributed by atoms with E-state index in [9.17, 15) is 35.3 Å². The number of fused-ring (bicyclic) bond motifs is 1. The monoisotopic (exact) mass is 410 g/mol. The molecule has 12 heteroatoms. The first-order valence-corrected chi connectivity index (χ1v) is 8.03. The van der Waals surface area contributed by atoms with Crippen LogP contribution < -0.4 is 4.74 Å². The van der Waals surface area contributed by atoms with Crippen molar-refractivity contribution in [1.82, 2.24) is 4.98 Å². The van der Waals surface area contributed by atoms with Gasteiger partial charge in [-0.15, -0.1) is 8.78 Å². The van der Waals surface area contributed by atoms with Gasteiger partial charge in [0.15, 0.2) is 16.3 Å². The highest BCUT2D eigenvalue weighted by Gasteiger charge is 2.77. The van der Waals surface area contributed by atoms with Gasteiger partial charge in [0.2, 0.25) is 0 Å². The van der Waals surface area contributed by atoms with Crippen molar-refractivity contribution in [3.05, 3.63) is 47.0 Å². The third-order valence-electron chi connectivity index (χ3n) is 3.56. The van der Waals surface area contributed by atoms with Crippen LogP contribution in [0.4, 0.5) is 30.7 Å². The molecule has 3 rings (SSSR count). The zero-order valence-electron chi connectivity index (χ0n) is 12.7. The molecule has 1 aliphatic heterocycles. The molecule has 1 aliphatic rings. The summed E-state index contributed by atoms with van der Waals surface area (Å²) in [5.74, 6) is -7.46. The van der Waals surface area contributed by atoms with Crippen molar-refractivity contribution in [3.63, 3.8) is 0 Å². The summed E-state index contributed by atoms with van der Waals surface area (Å²) in [6.07, 6.45) is -3.31. The number of aromatic nitrogens is 1. The molecule has 2 heterocycles. The lowest BCUT2D eigenvalue weighted by Gasteiger charge is -2.17. The number of halogens is 7. The molecular formula is C15H5F7N2O2S. The van der Waals surface area contributed by atoms with E-state index < -0.39 is 62.2 Å². The molecule has 0 saturated carbocycles.